The zero-order chi connectivity index (χ0) is 28.6. The molecule has 208 valence electrons. The van der Waals surface area contributed by atoms with Crippen LogP contribution in [-0.4, -0.2) is 64.7 Å². The van der Waals surface area contributed by atoms with E-state index in [0.717, 1.165) is 0 Å². The van der Waals surface area contributed by atoms with Crippen molar-refractivity contribution in [3.8, 4) is 5.75 Å². The van der Waals surface area contributed by atoms with Crippen molar-refractivity contribution in [3.63, 3.8) is 0 Å². The number of hydrogen-bond donors (Lipinski definition) is 0. The second-order valence-electron chi connectivity index (χ2n) is 9.22. The fourth-order valence-electron chi connectivity index (χ4n) is 4.75. The van der Waals surface area contributed by atoms with Crippen LogP contribution in [0.15, 0.2) is 48.5 Å². The molecule has 5 rings (SSSR count). The molecule has 0 aliphatic carbocycles. The highest BCUT2D eigenvalue weighted by Crippen LogP contribution is 2.39. The SMILES string of the molecule is COc1ccc2nc3c(c(C)nn3[C@@H]3O[C@H](COC(=O)c4ccccc4)[C@@H](OC(C)=O)[C@H]3OC(C)=O)c(Cl)c2c1. The summed E-state index contributed by atoms with van der Waals surface area (Å²) in [5.74, 6) is -1.23. The van der Waals surface area contributed by atoms with E-state index in [4.69, 9.17) is 40.3 Å². The summed E-state index contributed by atoms with van der Waals surface area (Å²) in [7, 11) is 1.56. The van der Waals surface area contributed by atoms with Crippen LogP contribution in [0.1, 0.15) is 36.1 Å². The number of benzene rings is 2. The van der Waals surface area contributed by atoms with Gasteiger partial charge in [-0.15, -0.1) is 0 Å². The standard InChI is InChI=1S/C28H26ClN3O8/c1-14-22-23(29)19-12-18(36-4)10-11-20(19)30-26(22)32(31-14)27-25(39-16(3)34)24(38-15(2)33)21(40-27)13-37-28(35)17-8-6-5-7-9-17/h5-12,21,24-25,27H,13H2,1-4H3/t21-,24-,25-,27-/m1/s1. The predicted octanol–water partition coefficient (Wildman–Crippen LogP) is 4.17. The molecule has 3 heterocycles. The van der Waals surface area contributed by atoms with E-state index in [0.29, 0.717) is 44.0 Å². The van der Waals surface area contributed by atoms with Gasteiger partial charge >= 0.3 is 17.9 Å². The van der Waals surface area contributed by atoms with Crippen LogP contribution in [0.3, 0.4) is 0 Å². The minimum Gasteiger partial charge on any atom is -0.497 e. The molecule has 1 aliphatic heterocycles. The Hall–Kier alpha value is -4.22. The third kappa shape index (κ3) is 5.17. The van der Waals surface area contributed by atoms with Crippen molar-refractivity contribution in [1.82, 2.24) is 14.8 Å². The number of halogens is 1. The Morgan fingerprint density at radius 1 is 1.02 bits per heavy atom. The monoisotopic (exact) mass is 567 g/mol. The molecule has 1 saturated heterocycles. The Morgan fingerprint density at radius 3 is 2.40 bits per heavy atom. The predicted molar refractivity (Wildman–Crippen MR) is 143 cm³/mol. The Kier molecular flexibility index (Phi) is 7.59. The van der Waals surface area contributed by atoms with Crippen LogP contribution in [0.2, 0.25) is 5.02 Å². The molecule has 0 unspecified atom stereocenters. The molecule has 2 aromatic carbocycles. The van der Waals surface area contributed by atoms with Gasteiger partial charge in [0.05, 0.1) is 34.3 Å². The maximum absolute atomic E-state index is 12.6. The molecule has 4 aromatic rings. The van der Waals surface area contributed by atoms with Gasteiger partial charge in [0.25, 0.3) is 0 Å². The van der Waals surface area contributed by atoms with Crippen molar-refractivity contribution >= 4 is 51.4 Å². The Labute approximate surface area is 233 Å². The third-order valence-corrected chi connectivity index (χ3v) is 6.86. The lowest BCUT2D eigenvalue weighted by Gasteiger charge is -2.23. The van der Waals surface area contributed by atoms with Crippen molar-refractivity contribution in [3.05, 3.63) is 64.8 Å². The largest absolute Gasteiger partial charge is 0.497 e. The zero-order valence-electron chi connectivity index (χ0n) is 22.1. The van der Waals surface area contributed by atoms with Gasteiger partial charge in [-0.05, 0) is 37.3 Å². The number of carbonyl (C=O) groups is 3. The van der Waals surface area contributed by atoms with E-state index >= 15 is 0 Å². The lowest BCUT2D eigenvalue weighted by molar-refractivity contribution is -0.166. The number of carbonyl (C=O) groups excluding carboxylic acids is 3. The number of esters is 3. The van der Waals surface area contributed by atoms with E-state index in [9.17, 15) is 14.4 Å². The quantitative estimate of drug-likeness (QED) is 0.237. The number of ether oxygens (including phenoxy) is 5. The molecule has 0 spiro atoms. The van der Waals surface area contributed by atoms with Gasteiger partial charge in [-0.25, -0.2) is 14.5 Å². The van der Waals surface area contributed by atoms with Crippen molar-refractivity contribution < 1.29 is 38.1 Å². The van der Waals surface area contributed by atoms with Crippen molar-refractivity contribution in [2.45, 2.75) is 45.3 Å². The van der Waals surface area contributed by atoms with Gasteiger partial charge < -0.3 is 23.7 Å². The van der Waals surface area contributed by atoms with Crippen LogP contribution in [0.4, 0.5) is 0 Å². The van der Waals surface area contributed by atoms with E-state index in [1.165, 1.54) is 18.5 Å². The Balaban J connectivity index is 1.55. The molecular weight excluding hydrogens is 542 g/mol. The summed E-state index contributed by atoms with van der Waals surface area (Å²) in [4.78, 5) is 41.6. The summed E-state index contributed by atoms with van der Waals surface area (Å²) >= 11 is 6.82. The van der Waals surface area contributed by atoms with E-state index in [1.807, 2.05) is 0 Å². The molecule has 40 heavy (non-hydrogen) atoms. The molecule has 12 heteroatoms. The van der Waals surface area contributed by atoms with Gasteiger partial charge in [-0.2, -0.15) is 5.10 Å². The molecular formula is C28H26ClN3O8. The Bertz CT molecular complexity index is 1610. The molecule has 1 fully saturated rings. The van der Waals surface area contributed by atoms with Gasteiger partial charge in [-0.3, -0.25) is 9.59 Å². The lowest BCUT2D eigenvalue weighted by atomic mass is 10.1. The summed E-state index contributed by atoms with van der Waals surface area (Å²) in [6.45, 7) is 3.93. The summed E-state index contributed by atoms with van der Waals surface area (Å²) in [5.41, 5.74) is 1.83. The van der Waals surface area contributed by atoms with Crippen LogP contribution >= 0.6 is 11.6 Å². The average Bonchev–Trinajstić information content (AvgIpc) is 3.43. The van der Waals surface area contributed by atoms with Crippen molar-refractivity contribution in [2.24, 2.45) is 0 Å². The highest BCUT2D eigenvalue weighted by molar-refractivity contribution is 6.40. The van der Waals surface area contributed by atoms with Crippen LogP contribution in [-0.2, 0) is 28.5 Å². The first-order valence-electron chi connectivity index (χ1n) is 12.4. The number of fused-ring (bicyclic) bond motifs is 2. The summed E-state index contributed by atoms with van der Waals surface area (Å²) in [6, 6.07) is 13.7. The maximum Gasteiger partial charge on any atom is 0.338 e. The first kappa shape index (κ1) is 27.4. The molecule has 2 aromatic heterocycles. The van der Waals surface area contributed by atoms with E-state index in [-0.39, 0.29) is 6.61 Å². The second kappa shape index (κ2) is 11.1. The first-order valence-corrected chi connectivity index (χ1v) is 12.8. The topological polar surface area (TPSA) is 128 Å². The number of methoxy groups -OCH3 is 1. The highest BCUT2D eigenvalue weighted by atomic mass is 35.5. The summed E-state index contributed by atoms with van der Waals surface area (Å²) < 4.78 is 29.6. The van der Waals surface area contributed by atoms with E-state index < -0.39 is 42.4 Å². The smallest absolute Gasteiger partial charge is 0.338 e. The van der Waals surface area contributed by atoms with Crippen molar-refractivity contribution in [1.29, 1.82) is 0 Å². The minimum atomic E-state index is -1.13. The minimum absolute atomic E-state index is 0.283. The molecule has 0 radical (unpaired) electrons. The highest BCUT2D eigenvalue weighted by Gasteiger charge is 2.51. The lowest BCUT2D eigenvalue weighted by Crippen LogP contribution is -2.40. The molecule has 11 nitrogen and oxygen atoms in total. The van der Waals surface area contributed by atoms with Gasteiger partial charge in [0.2, 0.25) is 0 Å². The maximum atomic E-state index is 12.6. The first-order chi connectivity index (χ1) is 19.2. The van der Waals surface area contributed by atoms with Crippen LogP contribution in [0.25, 0.3) is 21.9 Å². The van der Waals surface area contributed by atoms with Crippen molar-refractivity contribution in [2.75, 3.05) is 13.7 Å². The van der Waals surface area contributed by atoms with E-state index in [1.54, 1.807) is 62.6 Å². The average molecular weight is 568 g/mol. The van der Waals surface area contributed by atoms with Crippen LogP contribution < -0.4 is 4.74 Å². The third-order valence-electron chi connectivity index (χ3n) is 6.47. The number of nitrogens with zero attached hydrogens (tertiary/aromatic N) is 3. The molecule has 0 N–H and O–H groups in total. The van der Waals surface area contributed by atoms with Gasteiger partial charge in [0.1, 0.15) is 18.5 Å². The fourth-order valence-corrected chi connectivity index (χ4v) is 5.12. The number of aromatic nitrogens is 3. The second-order valence-corrected chi connectivity index (χ2v) is 9.59. The number of hydrogen-bond acceptors (Lipinski definition) is 10. The molecule has 0 saturated carbocycles. The van der Waals surface area contributed by atoms with Gasteiger partial charge in [0, 0.05) is 19.2 Å². The zero-order valence-corrected chi connectivity index (χ0v) is 22.9. The number of rotatable bonds is 7. The Morgan fingerprint density at radius 2 is 1.73 bits per heavy atom. The van der Waals surface area contributed by atoms with Gasteiger partial charge in [-0.1, -0.05) is 29.8 Å². The van der Waals surface area contributed by atoms with Crippen LogP contribution in [0, 0.1) is 6.92 Å². The normalized spacial score (nSPS) is 20.4. The molecule has 4 atom stereocenters. The van der Waals surface area contributed by atoms with Gasteiger partial charge in [0.15, 0.2) is 24.1 Å². The number of pyridine rings is 1. The molecule has 0 bridgehead atoms. The number of aryl methyl sites for hydroxylation is 1. The van der Waals surface area contributed by atoms with Crippen LogP contribution in [0.5, 0.6) is 5.75 Å². The molecule has 1 aliphatic rings. The fraction of sp³-hybridized carbons (Fsp3) is 0.321. The van der Waals surface area contributed by atoms with E-state index in [2.05, 4.69) is 5.10 Å². The summed E-state index contributed by atoms with van der Waals surface area (Å²) in [6.07, 6.45) is -4.29. The molecule has 0 amide bonds. The summed E-state index contributed by atoms with van der Waals surface area (Å²) in [5, 5.41) is 6.27.